The lowest BCUT2D eigenvalue weighted by atomic mass is 9.74. The topological polar surface area (TPSA) is 56.3 Å². The van der Waals surface area contributed by atoms with E-state index in [1.807, 2.05) is 42.5 Å². The molecule has 1 heterocycles. The van der Waals surface area contributed by atoms with Gasteiger partial charge in [-0.25, -0.2) is 4.98 Å². The fraction of sp³-hybridized carbons (Fsp3) is 0.348. The van der Waals surface area contributed by atoms with Gasteiger partial charge in [0, 0.05) is 11.8 Å². The predicted octanol–water partition coefficient (Wildman–Crippen LogP) is 5.30. The highest BCUT2D eigenvalue weighted by molar-refractivity contribution is 7.20. The molecule has 1 aromatic heterocycles. The van der Waals surface area contributed by atoms with Gasteiger partial charge in [-0.2, -0.15) is 0 Å². The highest BCUT2D eigenvalue weighted by Gasteiger charge is 2.47. The molecule has 3 aromatic rings. The zero-order valence-electron chi connectivity index (χ0n) is 15.7. The van der Waals surface area contributed by atoms with Crippen molar-refractivity contribution in [1.82, 2.24) is 4.98 Å². The van der Waals surface area contributed by atoms with Crippen molar-refractivity contribution in [2.75, 3.05) is 0 Å². The van der Waals surface area contributed by atoms with E-state index in [-0.39, 0.29) is 23.4 Å². The second-order valence-electron chi connectivity index (χ2n) is 7.71. The summed E-state index contributed by atoms with van der Waals surface area (Å²) in [7, 11) is 0. The fourth-order valence-corrected chi connectivity index (χ4v) is 5.47. The van der Waals surface area contributed by atoms with Crippen molar-refractivity contribution in [3.63, 3.8) is 0 Å². The van der Waals surface area contributed by atoms with Crippen LogP contribution in [-0.2, 0) is 16.0 Å². The first-order valence-corrected chi connectivity index (χ1v) is 10.7. The molecule has 2 aliphatic rings. The lowest BCUT2D eigenvalue weighted by Crippen LogP contribution is -2.35. The molecule has 0 saturated heterocycles. The van der Waals surface area contributed by atoms with Crippen LogP contribution in [-0.4, -0.2) is 16.6 Å². The number of carbonyl (C=O) groups is 2. The maximum atomic E-state index is 13.0. The van der Waals surface area contributed by atoms with Gasteiger partial charge in [-0.3, -0.25) is 9.59 Å². The minimum absolute atomic E-state index is 0.0474. The summed E-state index contributed by atoms with van der Waals surface area (Å²) >= 11 is 1.49. The second-order valence-corrected chi connectivity index (χ2v) is 8.70. The maximum absolute atomic E-state index is 13.0. The number of rotatable bonds is 4. The third kappa shape index (κ3) is 2.85. The summed E-state index contributed by atoms with van der Waals surface area (Å²) < 4.78 is 7.09. The fourth-order valence-electron chi connectivity index (χ4n) is 4.64. The van der Waals surface area contributed by atoms with Gasteiger partial charge < -0.3 is 4.74 Å². The summed E-state index contributed by atoms with van der Waals surface area (Å²) in [5, 5.41) is 0.567. The first kappa shape index (κ1) is 17.6. The Balaban J connectivity index is 1.51. The monoisotopic (exact) mass is 391 g/mol. The molecule has 2 fully saturated rings. The molecule has 0 aliphatic heterocycles. The molecule has 2 aromatic carbocycles. The normalized spacial score (nSPS) is 24.1. The van der Waals surface area contributed by atoms with E-state index >= 15 is 0 Å². The zero-order chi connectivity index (χ0) is 19.3. The van der Waals surface area contributed by atoms with E-state index in [1.54, 1.807) is 0 Å². The molecule has 3 atom stereocenters. The molecule has 5 heteroatoms. The number of fused-ring (bicyclic) bond motifs is 3. The summed E-state index contributed by atoms with van der Waals surface area (Å²) in [5.41, 5.74) is 2.78. The van der Waals surface area contributed by atoms with E-state index in [0.717, 1.165) is 47.0 Å². The van der Waals surface area contributed by atoms with Crippen LogP contribution in [0.1, 0.15) is 43.2 Å². The van der Waals surface area contributed by atoms with Gasteiger partial charge in [0.25, 0.3) is 5.19 Å². The number of benzene rings is 2. The lowest BCUT2D eigenvalue weighted by molar-refractivity contribution is -0.135. The van der Waals surface area contributed by atoms with Crippen LogP contribution in [0.3, 0.4) is 0 Å². The van der Waals surface area contributed by atoms with Crippen LogP contribution < -0.4 is 4.74 Å². The second kappa shape index (κ2) is 6.82. The van der Waals surface area contributed by atoms with E-state index in [1.165, 1.54) is 11.3 Å². The Hall–Kier alpha value is -2.53. The van der Waals surface area contributed by atoms with E-state index in [0.29, 0.717) is 10.9 Å². The minimum Gasteiger partial charge on any atom is -0.431 e. The molecule has 142 valence electrons. The summed E-state index contributed by atoms with van der Waals surface area (Å²) in [6.45, 7) is 2.05. The molecular formula is C23H21NO3S. The summed E-state index contributed by atoms with van der Waals surface area (Å²) in [6.07, 6.45) is 3.24. The Morgan fingerprint density at radius 3 is 2.54 bits per heavy atom. The summed E-state index contributed by atoms with van der Waals surface area (Å²) in [6, 6.07) is 13.7. The molecule has 28 heavy (non-hydrogen) atoms. The summed E-state index contributed by atoms with van der Waals surface area (Å²) in [5.74, 6) is 0.304. The third-order valence-corrected chi connectivity index (χ3v) is 7.01. The van der Waals surface area contributed by atoms with Gasteiger partial charge in [-0.15, -0.1) is 0 Å². The highest BCUT2D eigenvalue weighted by Crippen LogP contribution is 2.45. The van der Waals surface area contributed by atoms with Crippen molar-refractivity contribution in [1.29, 1.82) is 0 Å². The number of aryl methyl sites for hydroxylation is 1. The first-order chi connectivity index (χ1) is 13.6. The molecule has 0 radical (unpaired) electrons. The van der Waals surface area contributed by atoms with Gasteiger partial charge in [0.05, 0.1) is 10.2 Å². The van der Waals surface area contributed by atoms with Crippen LogP contribution in [0, 0.1) is 11.8 Å². The van der Waals surface area contributed by atoms with Gasteiger partial charge >= 0.3 is 0 Å². The van der Waals surface area contributed by atoms with Gasteiger partial charge in [0.1, 0.15) is 11.7 Å². The molecule has 5 rings (SSSR count). The average molecular weight is 391 g/mol. The Morgan fingerprint density at radius 2 is 1.82 bits per heavy atom. The quantitative estimate of drug-likeness (QED) is 0.566. The van der Waals surface area contributed by atoms with Crippen LogP contribution in [0.4, 0.5) is 0 Å². The van der Waals surface area contributed by atoms with Crippen LogP contribution in [0.5, 0.6) is 10.9 Å². The molecule has 1 unspecified atom stereocenters. The molecule has 2 aliphatic carbocycles. The number of thiazole rings is 1. The number of para-hydroxylation sites is 1. The number of hydrogen-bond donors (Lipinski definition) is 0. The Morgan fingerprint density at radius 1 is 1.07 bits per heavy atom. The smallest absolute Gasteiger partial charge is 0.279 e. The van der Waals surface area contributed by atoms with Gasteiger partial charge in [-0.05, 0) is 61.1 Å². The minimum atomic E-state index is -0.625. The van der Waals surface area contributed by atoms with Crippen LogP contribution >= 0.6 is 11.3 Å². The van der Waals surface area contributed by atoms with Crippen molar-refractivity contribution in [3.8, 4) is 10.9 Å². The van der Waals surface area contributed by atoms with Crippen molar-refractivity contribution in [2.45, 2.75) is 38.5 Å². The number of nitrogens with zero attached hydrogens (tertiary/aromatic N) is 1. The molecule has 0 N–H and O–H groups in total. The number of carbonyl (C=O) groups excluding carboxylic acids is 2. The number of ether oxygens (including phenoxy) is 1. The van der Waals surface area contributed by atoms with Crippen LogP contribution in [0.2, 0.25) is 0 Å². The van der Waals surface area contributed by atoms with Crippen LogP contribution in [0.15, 0.2) is 42.5 Å². The first-order valence-electron chi connectivity index (χ1n) is 9.87. The maximum Gasteiger partial charge on any atom is 0.279 e. The van der Waals surface area contributed by atoms with Gasteiger partial charge in [-0.1, -0.05) is 36.5 Å². The standard InChI is InChI=1S/C23H21NO3S/c1-2-13-9-10-16(27-23-24-18-5-3-4-6-19(18)28-23)12-17(13)20-21(25)14-7-8-15(11-14)22(20)26/h3-6,9-10,12,14-15,20H,2,7-8,11H2,1H3/t14-,15+,20?. The molecule has 0 spiro atoms. The van der Waals surface area contributed by atoms with Crippen molar-refractivity contribution in [2.24, 2.45) is 11.8 Å². The molecule has 2 saturated carbocycles. The lowest BCUT2D eigenvalue weighted by Gasteiger charge is -2.27. The number of ketones is 2. The number of aromatic nitrogens is 1. The Bertz CT molecular complexity index is 1030. The Labute approximate surface area is 167 Å². The number of Topliss-reactive ketones (excluding diaryl/α,β-unsaturated/α-hetero) is 2. The Kier molecular flexibility index (Phi) is 4.27. The molecule has 2 bridgehead atoms. The van der Waals surface area contributed by atoms with Crippen molar-refractivity contribution >= 4 is 33.1 Å². The largest absolute Gasteiger partial charge is 0.431 e. The summed E-state index contributed by atoms with van der Waals surface area (Å²) in [4.78, 5) is 30.5. The van der Waals surface area contributed by atoms with E-state index in [9.17, 15) is 9.59 Å². The molecule has 4 nitrogen and oxygen atoms in total. The van der Waals surface area contributed by atoms with Crippen LogP contribution in [0.25, 0.3) is 10.2 Å². The van der Waals surface area contributed by atoms with Crippen molar-refractivity contribution < 1.29 is 14.3 Å². The van der Waals surface area contributed by atoms with E-state index in [2.05, 4.69) is 11.9 Å². The van der Waals surface area contributed by atoms with Gasteiger partial charge in [0.15, 0.2) is 11.6 Å². The predicted molar refractivity (Wildman–Crippen MR) is 109 cm³/mol. The van der Waals surface area contributed by atoms with E-state index in [4.69, 9.17) is 4.74 Å². The number of hydrogen-bond acceptors (Lipinski definition) is 5. The van der Waals surface area contributed by atoms with E-state index < -0.39 is 5.92 Å². The van der Waals surface area contributed by atoms with Gasteiger partial charge in [0.2, 0.25) is 0 Å². The molecular weight excluding hydrogens is 370 g/mol. The molecule has 0 amide bonds. The zero-order valence-corrected chi connectivity index (χ0v) is 16.5. The van der Waals surface area contributed by atoms with Crippen molar-refractivity contribution in [3.05, 3.63) is 53.6 Å². The average Bonchev–Trinajstić information content (AvgIpc) is 3.32. The SMILES string of the molecule is CCc1ccc(Oc2nc3ccccc3s2)cc1C1C(=O)[C@@H]2CC[C@@H](C2)C1=O. The third-order valence-electron chi connectivity index (χ3n) is 6.10. The highest BCUT2D eigenvalue weighted by atomic mass is 32.1.